The average Bonchev–Trinajstić information content (AvgIpc) is 2.81. The number of nitrogens with zero attached hydrogens (tertiary/aromatic N) is 2. The highest BCUT2D eigenvalue weighted by atomic mass is 32.2. The highest BCUT2D eigenvalue weighted by molar-refractivity contribution is 7.98. The summed E-state index contributed by atoms with van der Waals surface area (Å²) in [5, 5.41) is 2.18. The van der Waals surface area contributed by atoms with Gasteiger partial charge in [0.05, 0.1) is 18.4 Å². The number of rotatable bonds is 10. The Labute approximate surface area is 188 Å². The largest absolute Gasteiger partial charge is 0.497 e. The predicted molar refractivity (Wildman–Crippen MR) is 126 cm³/mol. The van der Waals surface area contributed by atoms with E-state index < -0.39 is 0 Å². The molecule has 0 spiro atoms. The lowest BCUT2D eigenvalue weighted by Gasteiger charge is -2.34. The quantitative estimate of drug-likeness (QED) is 0.201. The van der Waals surface area contributed by atoms with Crippen LogP contribution in [0.4, 0.5) is 0 Å². The Morgan fingerprint density at radius 3 is 2.58 bits per heavy atom. The molecule has 0 amide bonds. The molecule has 6 nitrogen and oxygen atoms in total. The minimum Gasteiger partial charge on any atom is -0.497 e. The van der Waals surface area contributed by atoms with Gasteiger partial charge in [0, 0.05) is 23.1 Å². The van der Waals surface area contributed by atoms with Crippen LogP contribution in [0.15, 0.2) is 41.0 Å². The van der Waals surface area contributed by atoms with E-state index in [4.69, 9.17) is 9.47 Å². The predicted octanol–water partition coefficient (Wildman–Crippen LogP) is 5.75. The number of carbonyl (C=O) groups is 1. The SMILES string of the molecule is COc1ccc2cc([C@H](C)C(=O)OCCN(C)C(SN=O)C3CCCCC3)ccc2c1. The highest BCUT2D eigenvalue weighted by Gasteiger charge is 2.28. The summed E-state index contributed by atoms with van der Waals surface area (Å²) in [5.74, 6) is 0.687. The molecule has 7 heteroatoms. The maximum absolute atomic E-state index is 12.6. The van der Waals surface area contributed by atoms with E-state index in [0.717, 1.165) is 46.9 Å². The minimum atomic E-state index is -0.350. The Morgan fingerprint density at radius 1 is 1.16 bits per heavy atom. The fourth-order valence-corrected chi connectivity index (χ4v) is 5.11. The summed E-state index contributed by atoms with van der Waals surface area (Å²) in [6.45, 7) is 2.75. The molecule has 0 saturated heterocycles. The fourth-order valence-electron chi connectivity index (χ4n) is 4.31. The summed E-state index contributed by atoms with van der Waals surface area (Å²) < 4.78 is 13.9. The van der Waals surface area contributed by atoms with Crippen molar-refractivity contribution in [2.75, 3.05) is 27.3 Å². The van der Waals surface area contributed by atoms with E-state index in [9.17, 15) is 9.70 Å². The monoisotopic (exact) mass is 444 g/mol. The zero-order chi connectivity index (χ0) is 22.2. The van der Waals surface area contributed by atoms with Gasteiger partial charge in [-0.15, -0.1) is 4.91 Å². The summed E-state index contributed by atoms with van der Waals surface area (Å²) in [6.07, 6.45) is 5.94. The van der Waals surface area contributed by atoms with Crippen LogP contribution in [0.1, 0.15) is 50.5 Å². The molecule has 2 aromatic carbocycles. The molecule has 0 aliphatic heterocycles. The highest BCUT2D eigenvalue weighted by Crippen LogP contribution is 2.34. The van der Waals surface area contributed by atoms with Crippen LogP contribution in [0.5, 0.6) is 5.75 Å². The first kappa shape index (κ1) is 23.5. The molecule has 1 fully saturated rings. The number of nitroso groups, excluding NO2 is 1. The van der Waals surface area contributed by atoms with Crippen molar-refractivity contribution in [3.8, 4) is 5.75 Å². The van der Waals surface area contributed by atoms with Crippen molar-refractivity contribution in [3.63, 3.8) is 0 Å². The molecule has 0 heterocycles. The van der Waals surface area contributed by atoms with Gasteiger partial charge in [-0.25, -0.2) is 0 Å². The number of benzene rings is 2. The van der Waals surface area contributed by atoms with Crippen LogP contribution in [0, 0.1) is 10.8 Å². The Balaban J connectivity index is 1.54. The number of likely N-dealkylation sites (N-methyl/N-ethyl adjacent to an activating group) is 1. The molecule has 0 N–H and O–H groups in total. The lowest BCUT2D eigenvalue weighted by atomic mass is 9.88. The first-order valence-corrected chi connectivity index (χ1v) is 11.8. The number of methoxy groups -OCH3 is 1. The van der Waals surface area contributed by atoms with Crippen molar-refractivity contribution in [1.29, 1.82) is 0 Å². The molecule has 31 heavy (non-hydrogen) atoms. The molecule has 2 atom stereocenters. The van der Waals surface area contributed by atoms with Gasteiger partial charge in [-0.2, -0.15) is 0 Å². The third-order valence-corrected chi connectivity index (χ3v) is 7.30. The topological polar surface area (TPSA) is 68.2 Å². The Kier molecular flexibility index (Phi) is 8.72. The van der Waals surface area contributed by atoms with Gasteiger partial charge in [0.2, 0.25) is 0 Å². The molecule has 0 radical (unpaired) electrons. The second-order valence-corrected chi connectivity index (χ2v) is 9.15. The van der Waals surface area contributed by atoms with Crippen molar-refractivity contribution >= 4 is 28.7 Å². The molecule has 0 aromatic heterocycles. The normalized spacial score (nSPS) is 16.8. The van der Waals surface area contributed by atoms with Gasteiger partial charge in [-0.1, -0.05) is 43.5 Å². The van der Waals surface area contributed by atoms with Gasteiger partial charge in [-0.05, 0) is 61.2 Å². The molecular weight excluding hydrogens is 412 g/mol. The van der Waals surface area contributed by atoms with Gasteiger partial charge < -0.3 is 9.47 Å². The second kappa shape index (κ2) is 11.5. The smallest absolute Gasteiger partial charge is 0.313 e. The fraction of sp³-hybridized carbons (Fsp3) is 0.542. The van der Waals surface area contributed by atoms with Crippen molar-refractivity contribution < 1.29 is 14.3 Å². The number of carbonyl (C=O) groups excluding carboxylic acids is 1. The second-order valence-electron chi connectivity index (χ2n) is 8.31. The Morgan fingerprint density at radius 2 is 1.87 bits per heavy atom. The van der Waals surface area contributed by atoms with E-state index in [1.807, 2.05) is 50.4 Å². The van der Waals surface area contributed by atoms with Gasteiger partial charge in [0.1, 0.15) is 12.4 Å². The summed E-state index contributed by atoms with van der Waals surface area (Å²) >= 11 is 1.10. The molecular formula is C24H32N2O4S. The van der Waals surface area contributed by atoms with Gasteiger partial charge in [0.25, 0.3) is 0 Å². The summed E-state index contributed by atoms with van der Waals surface area (Å²) in [7, 11) is 3.63. The van der Waals surface area contributed by atoms with Crippen LogP contribution < -0.4 is 4.74 Å². The van der Waals surface area contributed by atoms with Crippen LogP contribution in [0.3, 0.4) is 0 Å². The van der Waals surface area contributed by atoms with Gasteiger partial charge in [0.15, 0.2) is 0 Å². The van der Waals surface area contributed by atoms with E-state index in [2.05, 4.69) is 9.48 Å². The van der Waals surface area contributed by atoms with Crippen molar-refractivity contribution in [3.05, 3.63) is 46.9 Å². The molecule has 1 saturated carbocycles. The number of hydrogen-bond acceptors (Lipinski definition) is 7. The van der Waals surface area contributed by atoms with Crippen molar-refractivity contribution in [1.82, 2.24) is 4.90 Å². The van der Waals surface area contributed by atoms with E-state index in [1.54, 1.807) is 7.11 Å². The summed E-state index contributed by atoms with van der Waals surface area (Å²) in [4.78, 5) is 25.6. The number of hydrogen-bond donors (Lipinski definition) is 0. The molecule has 1 aliphatic carbocycles. The van der Waals surface area contributed by atoms with Crippen LogP contribution in [0.2, 0.25) is 0 Å². The van der Waals surface area contributed by atoms with Gasteiger partial charge in [-0.3, -0.25) is 9.69 Å². The molecule has 1 unspecified atom stereocenters. The number of fused-ring (bicyclic) bond motifs is 1. The Hall–Kier alpha value is -2.12. The maximum atomic E-state index is 12.6. The summed E-state index contributed by atoms with van der Waals surface area (Å²) in [5.41, 5.74) is 0.928. The molecule has 0 bridgehead atoms. The zero-order valence-corrected chi connectivity index (χ0v) is 19.4. The maximum Gasteiger partial charge on any atom is 0.313 e. The third-order valence-electron chi connectivity index (χ3n) is 6.25. The molecule has 1 aliphatic rings. The Bertz CT molecular complexity index is 885. The number of esters is 1. The van der Waals surface area contributed by atoms with Gasteiger partial charge >= 0.3 is 5.97 Å². The molecule has 168 valence electrons. The molecule has 3 rings (SSSR count). The first-order valence-electron chi connectivity index (χ1n) is 11.0. The van der Waals surface area contributed by atoms with E-state index in [1.165, 1.54) is 19.3 Å². The molecule has 2 aromatic rings. The van der Waals surface area contributed by atoms with E-state index in [-0.39, 0.29) is 17.3 Å². The van der Waals surface area contributed by atoms with Crippen LogP contribution >= 0.6 is 11.9 Å². The van der Waals surface area contributed by atoms with Crippen LogP contribution in [0.25, 0.3) is 10.8 Å². The minimum absolute atomic E-state index is 0.0476. The average molecular weight is 445 g/mol. The van der Waals surface area contributed by atoms with E-state index >= 15 is 0 Å². The third kappa shape index (κ3) is 6.20. The van der Waals surface area contributed by atoms with Crippen molar-refractivity contribution in [2.24, 2.45) is 10.5 Å². The van der Waals surface area contributed by atoms with Crippen molar-refractivity contribution in [2.45, 2.75) is 50.3 Å². The lowest BCUT2D eigenvalue weighted by molar-refractivity contribution is -0.145. The number of ether oxygens (including phenoxy) is 2. The van der Waals surface area contributed by atoms with Crippen LogP contribution in [-0.2, 0) is 9.53 Å². The standard InChI is InChI=1S/C24H32N2O4S/c1-17(19-9-10-21-16-22(29-3)12-11-20(21)15-19)24(27)30-14-13-26(2)23(31-25-28)18-7-5-4-6-8-18/h9-12,15-18,23H,4-8,13-14H2,1-3H3/t17-,23?/m0/s1. The van der Waals surface area contributed by atoms with E-state index in [0.29, 0.717) is 19.1 Å². The lowest BCUT2D eigenvalue weighted by Crippen LogP contribution is -2.38. The summed E-state index contributed by atoms with van der Waals surface area (Å²) in [6, 6.07) is 11.9. The first-order chi connectivity index (χ1) is 15.0. The van der Waals surface area contributed by atoms with Crippen LogP contribution in [-0.4, -0.2) is 43.6 Å². The zero-order valence-electron chi connectivity index (χ0n) is 18.6.